The number of carbonyl (C=O) groups excluding carboxylic acids is 2. The van der Waals surface area contributed by atoms with E-state index in [1.54, 1.807) is 0 Å². The molecule has 0 saturated heterocycles. The van der Waals surface area contributed by atoms with E-state index in [2.05, 4.69) is 4.99 Å². The van der Waals surface area contributed by atoms with Gasteiger partial charge in [0.05, 0.1) is 6.54 Å². The number of nitrogens with two attached hydrogens (primary N) is 1. The molecule has 0 aliphatic heterocycles. The second-order valence-electron chi connectivity index (χ2n) is 7.10. The molecule has 2 fully saturated rings. The van der Waals surface area contributed by atoms with E-state index in [0.29, 0.717) is 42.5 Å². The molecular weight excluding hydrogens is 371 g/mol. The predicted octanol–water partition coefficient (Wildman–Crippen LogP) is 5.38. The van der Waals surface area contributed by atoms with Gasteiger partial charge in [-0.15, -0.1) is 23.2 Å². The summed E-state index contributed by atoms with van der Waals surface area (Å²) < 4.78 is 0. The van der Waals surface area contributed by atoms with Crippen LogP contribution in [-0.4, -0.2) is 36.2 Å². The molecule has 152 valence electrons. The number of carbonyl (C=O) groups is 1. The first-order chi connectivity index (χ1) is 12.6. The molecule has 2 N–H and O–H groups in total. The van der Waals surface area contributed by atoms with E-state index in [1.807, 2.05) is 0 Å². The zero-order chi connectivity index (χ0) is 19.5. The highest BCUT2D eigenvalue weighted by molar-refractivity contribution is 6.18. The van der Waals surface area contributed by atoms with E-state index in [9.17, 15) is 9.59 Å². The molecule has 0 spiro atoms. The van der Waals surface area contributed by atoms with Crippen molar-refractivity contribution in [3.63, 3.8) is 0 Å². The van der Waals surface area contributed by atoms with Crippen LogP contribution >= 0.6 is 23.2 Å². The third-order valence-electron chi connectivity index (χ3n) is 4.74. The highest BCUT2D eigenvalue weighted by atomic mass is 35.5. The average Bonchev–Trinajstić information content (AvgIpc) is 2.67. The van der Waals surface area contributed by atoms with Crippen molar-refractivity contribution < 1.29 is 9.59 Å². The van der Waals surface area contributed by atoms with Gasteiger partial charge in [0.1, 0.15) is 5.78 Å². The maximum atomic E-state index is 11.4. The fourth-order valence-corrected chi connectivity index (χ4v) is 3.52. The lowest BCUT2D eigenvalue weighted by molar-refractivity contribution is -0.120. The number of Topliss-reactive ketones (excluding diaryl/α,β-unsaturated/α-hetero) is 1. The third kappa shape index (κ3) is 17.0. The second kappa shape index (κ2) is 19.4. The number of isocyanates is 1. The monoisotopic (exact) mass is 406 g/mol. The maximum absolute atomic E-state index is 11.4. The van der Waals surface area contributed by atoms with Gasteiger partial charge < -0.3 is 5.73 Å². The Morgan fingerprint density at radius 2 is 1.54 bits per heavy atom. The summed E-state index contributed by atoms with van der Waals surface area (Å²) in [4.78, 5) is 23.8. The van der Waals surface area contributed by atoms with Crippen LogP contribution in [0.1, 0.15) is 83.5 Å². The van der Waals surface area contributed by atoms with E-state index >= 15 is 0 Å². The molecule has 0 atom stereocenters. The summed E-state index contributed by atoms with van der Waals surface area (Å²) in [6, 6.07) is 0.536. The molecule has 0 radical (unpaired) electrons. The van der Waals surface area contributed by atoms with Gasteiger partial charge >= 0.3 is 0 Å². The molecule has 6 heteroatoms. The summed E-state index contributed by atoms with van der Waals surface area (Å²) in [6.07, 6.45) is 16.9. The van der Waals surface area contributed by atoms with Gasteiger partial charge in [-0.2, -0.15) is 0 Å². The summed E-state index contributed by atoms with van der Waals surface area (Å²) in [7, 11) is 0. The molecule has 2 aliphatic rings. The second-order valence-corrected chi connectivity index (χ2v) is 7.86. The fraction of sp³-hybridized carbons (Fsp3) is 0.900. The van der Waals surface area contributed by atoms with Crippen molar-refractivity contribution in [3.8, 4) is 0 Å². The molecule has 2 saturated carbocycles. The first kappa shape index (κ1) is 25.6. The Morgan fingerprint density at radius 3 is 1.92 bits per heavy atom. The van der Waals surface area contributed by atoms with E-state index in [1.165, 1.54) is 70.3 Å². The number of alkyl halides is 2. The Bertz CT molecular complexity index is 376. The SMILES string of the molecule is NC1CCCCC1.O=C(CCCCl)CC1CCCCC1.O=C=NCCCl. The first-order valence-corrected chi connectivity index (χ1v) is 11.1. The molecule has 0 unspecified atom stereocenters. The topological polar surface area (TPSA) is 72.5 Å². The quantitative estimate of drug-likeness (QED) is 0.350. The third-order valence-corrected chi connectivity index (χ3v) is 5.18. The van der Waals surface area contributed by atoms with Gasteiger partial charge in [0.2, 0.25) is 6.08 Å². The van der Waals surface area contributed by atoms with E-state index < -0.39 is 0 Å². The molecular formula is C20H36Cl2N2O2. The number of halogens is 2. The number of hydrogen-bond donors (Lipinski definition) is 1. The Hall–Kier alpha value is -0.410. The molecule has 0 aromatic heterocycles. The van der Waals surface area contributed by atoms with Gasteiger partial charge in [-0.05, 0) is 25.2 Å². The van der Waals surface area contributed by atoms with Crippen LogP contribution in [0.25, 0.3) is 0 Å². The van der Waals surface area contributed by atoms with E-state index in [4.69, 9.17) is 28.9 Å². The Kier molecular flexibility index (Phi) is 19.0. The standard InChI is InChI=1S/C11H19ClO.C6H13N.C3H4ClNO/c12-8-4-7-11(13)9-10-5-2-1-3-6-10;7-6-4-2-1-3-5-6;4-1-2-5-3-6/h10H,1-9H2;6H,1-5,7H2;1-2H2. The van der Waals surface area contributed by atoms with Gasteiger partial charge in [0.15, 0.2) is 0 Å². The first-order valence-electron chi connectivity index (χ1n) is 10.1. The molecule has 0 heterocycles. The van der Waals surface area contributed by atoms with Crippen LogP contribution in [0.3, 0.4) is 0 Å². The Balaban J connectivity index is 0.000000405. The van der Waals surface area contributed by atoms with Gasteiger partial charge in [-0.3, -0.25) is 4.79 Å². The van der Waals surface area contributed by atoms with Crippen LogP contribution in [-0.2, 0) is 9.59 Å². The van der Waals surface area contributed by atoms with Gasteiger partial charge in [-0.1, -0.05) is 51.4 Å². The molecule has 2 rings (SSSR count). The van der Waals surface area contributed by atoms with Crippen LogP contribution in [0.2, 0.25) is 0 Å². The normalized spacial score (nSPS) is 17.8. The van der Waals surface area contributed by atoms with Crippen molar-refractivity contribution in [2.45, 2.75) is 89.5 Å². The minimum atomic E-state index is 0.380. The number of ketones is 1. The summed E-state index contributed by atoms with van der Waals surface area (Å²) in [6.45, 7) is 0.380. The Labute approximate surface area is 169 Å². The van der Waals surface area contributed by atoms with E-state index in [-0.39, 0.29) is 0 Å². The minimum absolute atomic E-state index is 0.380. The lowest BCUT2D eigenvalue weighted by atomic mass is 9.85. The minimum Gasteiger partial charge on any atom is -0.328 e. The summed E-state index contributed by atoms with van der Waals surface area (Å²) in [5.74, 6) is 2.13. The zero-order valence-corrected chi connectivity index (χ0v) is 17.6. The highest BCUT2D eigenvalue weighted by Gasteiger charge is 2.16. The molecule has 0 aromatic rings. The van der Waals surface area contributed by atoms with Gasteiger partial charge in [0, 0.05) is 30.6 Å². The van der Waals surface area contributed by atoms with Crippen LogP contribution in [0.15, 0.2) is 4.99 Å². The molecule has 0 aromatic carbocycles. The van der Waals surface area contributed by atoms with Crippen LogP contribution in [0.4, 0.5) is 0 Å². The van der Waals surface area contributed by atoms with Gasteiger partial charge in [-0.25, -0.2) is 9.79 Å². The lowest BCUT2D eigenvalue weighted by Gasteiger charge is -2.20. The lowest BCUT2D eigenvalue weighted by Crippen LogP contribution is -2.22. The molecule has 4 nitrogen and oxygen atoms in total. The average molecular weight is 407 g/mol. The summed E-state index contributed by atoms with van der Waals surface area (Å²) >= 11 is 10.6. The van der Waals surface area contributed by atoms with Crippen molar-refractivity contribution in [1.29, 1.82) is 0 Å². The van der Waals surface area contributed by atoms with Crippen molar-refractivity contribution in [1.82, 2.24) is 0 Å². The van der Waals surface area contributed by atoms with Crippen LogP contribution in [0.5, 0.6) is 0 Å². The zero-order valence-electron chi connectivity index (χ0n) is 16.1. The van der Waals surface area contributed by atoms with Crippen LogP contribution < -0.4 is 5.73 Å². The molecule has 0 amide bonds. The van der Waals surface area contributed by atoms with Gasteiger partial charge in [0.25, 0.3) is 0 Å². The fourth-order valence-electron chi connectivity index (χ4n) is 3.30. The van der Waals surface area contributed by atoms with Crippen molar-refractivity contribution in [2.24, 2.45) is 16.6 Å². The Morgan fingerprint density at radius 1 is 0.962 bits per heavy atom. The predicted molar refractivity (Wildman–Crippen MR) is 111 cm³/mol. The smallest absolute Gasteiger partial charge is 0.234 e. The maximum Gasteiger partial charge on any atom is 0.234 e. The molecule has 0 bridgehead atoms. The molecule has 26 heavy (non-hydrogen) atoms. The van der Waals surface area contributed by atoms with Crippen molar-refractivity contribution in [3.05, 3.63) is 0 Å². The summed E-state index contributed by atoms with van der Waals surface area (Å²) in [5.41, 5.74) is 5.63. The van der Waals surface area contributed by atoms with Crippen LogP contribution in [0, 0.1) is 5.92 Å². The largest absolute Gasteiger partial charge is 0.328 e. The van der Waals surface area contributed by atoms with E-state index in [0.717, 1.165) is 12.8 Å². The number of aliphatic imine (C=N–C) groups is 1. The summed E-state index contributed by atoms with van der Waals surface area (Å²) in [5, 5.41) is 0. The molecule has 2 aliphatic carbocycles. The number of rotatable bonds is 7. The highest BCUT2D eigenvalue weighted by Crippen LogP contribution is 2.26. The van der Waals surface area contributed by atoms with Crippen molar-refractivity contribution >= 4 is 35.1 Å². The number of hydrogen-bond acceptors (Lipinski definition) is 4. The number of nitrogens with zero attached hydrogens (tertiary/aromatic N) is 1. The van der Waals surface area contributed by atoms with Crippen molar-refractivity contribution in [2.75, 3.05) is 18.3 Å².